The van der Waals surface area contributed by atoms with Crippen molar-refractivity contribution in [1.82, 2.24) is 29.6 Å². The average molecular weight is 392 g/mol. The van der Waals surface area contributed by atoms with Crippen LogP contribution < -0.4 is 5.32 Å². The maximum atomic E-state index is 4.76. The first-order chi connectivity index (χ1) is 14.2. The van der Waals surface area contributed by atoms with Crippen LogP contribution in [-0.4, -0.2) is 48.8 Å². The van der Waals surface area contributed by atoms with Crippen molar-refractivity contribution in [1.29, 1.82) is 0 Å². The Balaban J connectivity index is 1.35. The molecule has 3 aromatic heterocycles. The minimum atomic E-state index is 0.402. The third-order valence-electron chi connectivity index (χ3n) is 5.38. The molecule has 4 heterocycles. The molecule has 0 unspecified atom stereocenters. The highest BCUT2D eigenvalue weighted by Gasteiger charge is 2.20. The second-order valence-corrected chi connectivity index (χ2v) is 7.71. The topological polar surface area (TPSA) is 71.8 Å². The van der Waals surface area contributed by atoms with E-state index in [9.17, 15) is 0 Å². The van der Waals surface area contributed by atoms with Gasteiger partial charge in [-0.3, -0.25) is 14.6 Å². The average Bonchev–Trinajstić information content (AvgIpc) is 3.11. The van der Waals surface area contributed by atoms with E-state index in [2.05, 4.69) is 44.5 Å². The molecule has 0 radical (unpaired) electrons. The van der Waals surface area contributed by atoms with Gasteiger partial charge in [-0.2, -0.15) is 5.10 Å². The van der Waals surface area contributed by atoms with E-state index in [0.717, 1.165) is 62.4 Å². The molecule has 0 aliphatic carbocycles. The second kappa shape index (κ2) is 9.13. The summed E-state index contributed by atoms with van der Waals surface area (Å²) in [5.41, 5.74) is 4.28. The zero-order valence-corrected chi connectivity index (χ0v) is 17.3. The molecule has 0 saturated carbocycles. The van der Waals surface area contributed by atoms with Gasteiger partial charge in [0, 0.05) is 62.6 Å². The van der Waals surface area contributed by atoms with Gasteiger partial charge in [-0.15, -0.1) is 0 Å². The highest BCUT2D eigenvalue weighted by molar-refractivity contribution is 5.61. The summed E-state index contributed by atoms with van der Waals surface area (Å²) in [6, 6.07) is 6.50. The van der Waals surface area contributed by atoms with Crippen molar-refractivity contribution in [2.75, 3.05) is 18.4 Å². The highest BCUT2D eigenvalue weighted by atomic mass is 15.3. The summed E-state index contributed by atoms with van der Waals surface area (Å²) in [6.07, 6.45) is 10.9. The van der Waals surface area contributed by atoms with Crippen LogP contribution in [0.25, 0.3) is 11.3 Å². The zero-order chi connectivity index (χ0) is 20.1. The van der Waals surface area contributed by atoms with Gasteiger partial charge in [0.15, 0.2) is 0 Å². The van der Waals surface area contributed by atoms with Crippen LogP contribution in [0.1, 0.15) is 37.4 Å². The predicted octanol–water partition coefficient (Wildman–Crippen LogP) is 3.53. The van der Waals surface area contributed by atoms with Gasteiger partial charge < -0.3 is 5.32 Å². The van der Waals surface area contributed by atoms with Crippen LogP contribution in [0.2, 0.25) is 0 Å². The van der Waals surface area contributed by atoms with E-state index in [-0.39, 0.29) is 0 Å². The molecule has 7 heteroatoms. The van der Waals surface area contributed by atoms with E-state index >= 15 is 0 Å². The Kier molecular flexibility index (Phi) is 6.14. The lowest BCUT2D eigenvalue weighted by atomic mass is 10.0. The van der Waals surface area contributed by atoms with Crippen molar-refractivity contribution in [3.63, 3.8) is 0 Å². The van der Waals surface area contributed by atoms with E-state index in [1.54, 1.807) is 0 Å². The Labute approximate surface area is 172 Å². The molecule has 0 atom stereocenters. The minimum Gasteiger partial charge on any atom is -0.351 e. The Morgan fingerprint density at radius 3 is 2.79 bits per heavy atom. The Morgan fingerprint density at radius 1 is 1.17 bits per heavy atom. The summed E-state index contributed by atoms with van der Waals surface area (Å²) in [5, 5.41) is 8.13. The van der Waals surface area contributed by atoms with Crippen LogP contribution in [0.4, 0.5) is 5.95 Å². The van der Waals surface area contributed by atoms with Crippen molar-refractivity contribution >= 4 is 5.95 Å². The quantitative estimate of drug-likeness (QED) is 0.664. The summed E-state index contributed by atoms with van der Waals surface area (Å²) in [5.74, 6) is 0.704. The molecular weight excluding hydrogens is 362 g/mol. The van der Waals surface area contributed by atoms with Crippen molar-refractivity contribution in [2.45, 2.75) is 52.2 Å². The minimum absolute atomic E-state index is 0.402. The zero-order valence-electron chi connectivity index (χ0n) is 17.3. The highest BCUT2D eigenvalue weighted by Crippen LogP contribution is 2.22. The molecule has 1 aliphatic heterocycles. The van der Waals surface area contributed by atoms with Gasteiger partial charge in [-0.1, -0.05) is 13.0 Å². The smallest absolute Gasteiger partial charge is 0.223 e. The van der Waals surface area contributed by atoms with Crippen LogP contribution in [0, 0.1) is 6.92 Å². The van der Waals surface area contributed by atoms with Crippen molar-refractivity contribution in [2.24, 2.45) is 0 Å². The standard InChI is InChI=1S/C22H29N7/c1-3-11-29-16-20(17(2)27-29)21-6-10-24-22(26-21)25-19-7-12-28(13-8-19)15-18-5-4-9-23-14-18/h4-6,9-10,14,16,19H,3,7-8,11-13,15H2,1-2H3,(H,24,25,26). The molecule has 3 aromatic rings. The lowest BCUT2D eigenvalue weighted by molar-refractivity contribution is 0.211. The monoisotopic (exact) mass is 391 g/mol. The third-order valence-corrected chi connectivity index (χ3v) is 5.38. The van der Waals surface area contributed by atoms with Crippen molar-refractivity contribution in [3.8, 4) is 11.3 Å². The summed E-state index contributed by atoms with van der Waals surface area (Å²) < 4.78 is 2.00. The van der Waals surface area contributed by atoms with E-state index < -0.39 is 0 Å². The number of hydrogen-bond donors (Lipinski definition) is 1. The summed E-state index contributed by atoms with van der Waals surface area (Å²) in [4.78, 5) is 15.9. The van der Waals surface area contributed by atoms with Gasteiger partial charge in [-0.25, -0.2) is 9.97 Å². The fraction of sp³-hybridized carbons (Fsp3) is 0.455. The van der Waals surface area contributed by atoms with Crippen LogP contribution in [0.15, 0.2) is 43.0 Å². The SMILES string of the molecule is CCCn1cc(-c2ccnc(NC3CCN(Cc4cccnc4)CC3)n2)c(C)n1. The first-order valence-corrected chi connectivity index (χ1v) is 10.5. The summed E-state index contributed by atoms with van der Waals surface area (Å²) in [6.45, 7) is 8.21. The van der Waals surface area contributed by atoms with Gasteiger partial charge in [0.1, 0.15) is 0 Å². The molecule has 1 fully saturated rings. The Bertz CT molecular complexity index is 914. The molecule has 0 aromatic carbocycles. The molecule has 1 saturated heterocycles. The summed E-state index contributed by atoms with van der Waals surface area (Å²) in [7, 11) is 0. The number of nitrogens with zero attached hydrogens (tertiary/aromatic N) is 6. The molecule has 0 amide bonds. The fourth-order valence-corrected chi connectivity index (χ4v) is 3.86. The molecule has 0 bridgehead atoms. The molecule has 1 N–H and O–H groups in total. The number of piperidine rings is 1. The van der Waals surface area contributed by atoms with Crippen molar-refractivity contribution < 1.29 is 0 Å². The van der Waals surface area contributed by atoms with E-state index in [4.69, 9.17) is 4.98 Å². The fourth-order valence-electron chi connectivity index (χ4n) is 3.86. The number of anilines is 1. The van der Waals surface area contributed by atoms with Gasteiger partial charge in [0.2, 0.25) is 5.95 Å². The molecule has 4 rings (SSSR count). The van der Waals surface area contributed by atoms with Gasteiger partial charge in [0.25, 0.3) is 0 Å². The molecular formula is C22H29N7. The van der Waals surface area contributed by atoms with E-state index in [1.165, 1.54) is 5.56 Å². The maximum Gasteiger partial charge on any atom is 0.223 e. The van der Waals surface area contributed by atoms with Crippen LogP contribution in [0.3, 0.4) is 0 Å². The largest absolute Gasteiger partial charge is 0.351 e. The molecule has 0 spiro atoms. The lowest BCUT2D eigenvalue weighted by Crippen LogP contribution is -2.39. The number of hydrogen-bond acceptors (Lipinski definition) is 6. The van der Waals surface area contributed by atoms with Gasteiger partial charge in [-0.05, 0) is 43.9 Å². The lowest BCUT2D eigenvalue weighted by Gasteiger charge is -2.32. The maximum absolute atomic E-state index is 4.76. The Morgan fingerprint density at radius 2 is 2.03 bits per heavy atom. The molecule has 29 heavy (non-hydrogen) atoms. The number of rotatable bonds is 7. The van der Waals surface area contributed by atoms with Crippen molar-refractivity contribution in [3.05, 3.63) is 54.2 Å². The normalized spacial score (nSPS) is 15.5. The third kappa shape index (κ3) is 4.98. The molecule has 152 valence electrons. The van der Waals surface area contributed by atoms with E-state index in [1.807, 2.05) is 42.3 Å². The van der Waals surface area contributed by atoms with Crippen LogP contribution >= 0.6 is 0 Å². The molecule has 7 nitrogen and oxygen atoms in total. The summed E-state index contributed by atoms with van der Waals surface area (Å²) >= 11 is 0. The number of nitrogens with one attached hydrogen (secondary N) is 1. The van der Waals surface area contributed by atoms with Gasteiger partial charge in [0.05, 0.1) is 11.4 Å². The van der Waals surface area contributed by atoms with Gasteiger partial charge >= 0.3 is 0 Å². The number of pyridine rings is 1. The second-order valence-electron chi connectivity index (χ2n) is 7.71. The Hall–Kier alpha value is -2.80. The predicted molar refractivity (Wildman–Crippen MR) is 114 cm³/mol. The van der Waals surface area contributed by atoms with Crippen LogP contribution in [-0.2, 0) is 13.1 Å². The van der Waals surface area contributed by atoms with Crippen LogP contribution in [0.5, 0.6) is 0 Å². The number of aromatic nitrogens is 5. The number of aryl methyl sites for hydroxylation is 2. The first kappa shape index (κ1) is 19.5. The molecule has 1 aliphatic rings. The van der Waals surface area contributed by atoms with E-state index in [0.29, 0.717) is 12.0 Å². The number of likely N-dealkylation sites (tertiary alicyclic amines) is 1. The first-order valence-electron chi connectivity index (χ1n) is 10.5.